The van der Waals surface area contributed by atoms with Gasteiger partial charge < -0.3 is 4.90 Å². The van der Waals surface area contributed by atoms with Crippen molar-refractivity contribution in [2.24, 2.45) is 5.41 Å². The molecule has 1 amide bonds. The van der Waals surface area contributed by atoms with E-state index in [9.17, 15) is 4.79 Å². The molecule has 80 valence electrons. The Morgan fingerprint density at radius 2 is 2.21 bits per heavy atom. The Labute approximate surface area is 86.1 Å². The molecule has 0 bridgehead atoms. The Bertz CT molecular complexity index is 250. The summed E-state index contributed by atoms with van der Waals surface area (Å²) < 4.78 is 0. The lowest BCUT2D eigenvalue weighted by atomic mass is 9.90. The van der Waals surface area contributed by atoms with Crippen LogP contribution in [0.2, 0.25) is 0 Å². The van der Waals surface area contributed by atoms with Gasteiger partial charge in [0.1, 0.15) is 0 Å². The molecule has 2 fully saturated rings. The number of likely N-dealkylation sites (N-methyl/N-ethyl adjacent to an activating group) is 1. The van der Waals surface area contributed by atoms with Crippen molar-refractivity contribution in [2.75, 3.05) is 26.2 Å². The molecule has 0 aromatic carbocycles. The smallest absolute Gasteiger partial charge is 0.236 e. The van der Waals surface area contributed by atoms with Crippen LogP contribution in [0.4, 0.5) is 0 Å². The van der Waals surface area contributed by atoms with Crippen LogP contribution in [0.1, 0.15) is 27.2 Å². The molecule has 14 heavy (non-hydrogen) atoms. The van der Waals surface area contributed by atoms with Crippen LogP contribution >= 0.6 is 0 Å². The van der Waals surface area contributed by atoms with Crippen LogP contribution < -0.4 is 0 Å². The number of carbonyl (C=O) groups is 1. The second-order valence-electron chi connectivity index (χ2n) is 5.36. The lowest BCUT2D eigenvalue weighted by Crippen LogP contribution is -2.53. The van der Waals surface area contributed by atoms with E-state index in [4.69, 9.17) is 0 Å². The van der Waals surface area contributed by atoms with Gasteiger partial charge in [0.25, 0.3) is 0 Å². The van der Waals surface area contributed by atoms with Crippen LogP contribution in [-0.4, -0.2) is 47.9 Å². The number of nitrogens with zero attached hydrogens (tertiary/aromatic N) is 2. The molecule has 2 saturated heterocycles. The summed E-state index contributed by atoms with van der Waals surface area (Å²) >= 11 is 0. The van der Waals surface area contributed by atoms with E-state index in [1.54, 1.807) is 0 Å². The maximum absolute atomic E-state index is 11.7. The first kappa shape index (κ1) is 9.97. The van der Waals surface area contributed by atoms with Crippen LogP contribution in [0.25, 0.3) is 0 Å². The highest BCUT2D eigenvalue weighted by Gasteiger charge is 2.42. The third kappa shape index (κ3) is 1.65. The molecule has 3 heteroatoms. The predicted octanol–water partition coefficient (Wildman–Crippen LogP) is 0.949. The Morgan fingerprint density at radius 1 is 1.50 bits per heavy atom. The van der Waals surface area contributed by atoms with E-state index in [-0.39, 0.29) is 0 Å². The summed E-state index contributed by atoms with van der Waals surface area (Å²) in [7, 11) is 0. The van der Waals surface area contributed by atoms with Crippen LogP contribution in [0.15, 0.2) is 0 Å². The molecular formula is C11H20N2O. The van der Waals surface area contributed by atoms with E-state index in [0.717, 1.165) is 19.6 Å². The zero-order valence-corrected chi connectivity index (χ0v) is 9.42. The van der Waals surface area contributed by atoms with E-state index in [0.29, 0.717) is 23.9 Å². The quantitative estimate of drug-likeness (QED) is 0.623. The van der Waals surface area contributed by atoms with E-state index in [1.165, 1.54) is 6.42 Å². The van der Waals surface area contributed by atoms with Gasteiger partial charge in [-0.3, -0.25) is 9.69 Å². The number of amides is 1. The Morgan fingerprint density at radius 3 is 2.86 bits per heavy atom. The zero-order valence-electron chi connectivity index (χ0n) is 9.42. The molecule has 3 nitrogen and oxygen atoms in total. The predicted molar refractivity (Wildman–Crippen MR) is 56.0 cm³/mol. The van der Waals surface area contributed by atoms with Crippen LogP contribution in [0, 0.1) is 5.41 Å². The summed E-state index contributed by atoms with van der Waals surface area (Å²) in [5.41, 5.74) is 0.398. The highest BCUT2D eigenvalue weighted by molar-refractivity contribution is 5.79. The van der Waals surface area contributed by atoms with Crippen molar-refractivity contribution in [3.63, 3.8) is 0 Å². The number of hydrogen-bond acceptors (Lipinski definition) is 2. The fourth-order valence-electron chi connectivity index (χ4n) is 2.81. The third-order valence-electron chi connectivity index (χ3n) is 3.44. The van der Waals surface area contributed by atoms with Gasteiger partial charge in [0, 0.05) is 25.7 Å². The van der Waals surface area contributed by atoms with Crippen LogP contribution in [-0.2, 0) is 4.79 Å². The van der Waals surface area contributed by atoms with Gasteiger partial charge in [-0.2, -0.15) is 0 Å². The highest BCUT2D eigenvalue weighted by Crippen LogP contribution is 2.35. The van der Waals surface area contributed by atoms with Gasteiger partial charge >= 0.3 is 0 Å². The Balaban J connectivity index is 2.07. The molecule has 0 N–H and O–H groups in total. The average molecular weight is 196 g/mol. The van der Waals surface area contributed by atoms with Gasteiger partial charge in [0.2, 0.25) is 5.91 Å². The Hall–Kier alpha value is -0.570. The largest absolute Gasteiger partial charge is 0.340 e. The first-order valence-corrected chi connectivity index (χ1v) is 5.54. The highest BCUT2D eigenvalue weighted by atomic mass is 16.2. The molecule has 1 unspecified atom stereocenters. The van der Waals surface area contributed by atoms with Crippen molar-refractivity contribution in [1.82, 2.24) is 9.80 Å². The summed E-state index contributed by atoms with van der Waals surface area (Å²) in [6.07, 6.45) is 1.23. The monoisotopic (exact) mass is 196 g/mol. The summed E-state index contributed by atoms with van der Waals surface area (Å²) in [6, 6.07) is 0.614. The normalized spacial score (nSPS) is 32.1. The van der Waals surface area contributed by atoms with E-state index < -0.39 is 0 Å². The Kier molecular flexibility index (Phi) is 2.30. The standard InChI is InChI=1S/C11H20N2O/c1-4-12-6-9-5-11(2,3)8-13(9)7-10(12)14/h9H,4-8H2,1-3H3. The number of hydrogen-bond donors (Lipinski definition) is 0. The van der Waals surface area contributed by atoms with E-state index >= 15 is 0 Å². The molecule has 0 aromatic heterocycles. The molecule has 0 saturated carbocycles. The van der Waals surface area contributed by atoms with Crippen molar-refractivity contribution in [3.05, 3.63) is 0 Å². The number of rotatable bonds is 1. The van der Waals surface area contributed by atoms with Gasteiger partial charge in [-0.15, -0.1) is 0 Å². The van der Waals surface area contributed by atoms with Gasteiger partial charge in [0.05, 0.1) is 6.54 Å². The summed E-state index contributed by atoms with van der Waals surface area (Å²) in [4.78, 5) is 16.0. The SMILES string of the molecule is CCN1CC2CC(C)(C)CN2CC1=O. The van der Waals surface area contributed by atoms with Gasteiger partial charge in [-0.1, -0.05) is 13.8 Å². The second kappa shape index (κ2) is 3.23. The fraction of sp³-hybridized carbons (Fsp3) is 0.909. The summed E-state index contributed by atoms with van der Waals surface area (Å²) in [6.45, 7) is 10.2. The van der Waals surface area contributed by atoms with Crippen LogP contribution in [0.5, 0.6) is 0 Å². The number of fused-ring (bicyclic) bond motifs is 1. The molecule has 0 spiro atoms. The molecule has 1 atom stereocenters. The molecule has 2 aliphatic rings. The summed E-state index contributed by atoms with van der Waals surface area (Å²) in [5, 5.41) is 0. The van der Waals surface area contributed by atoms with E-state index in [2.05, 4.69) is 25.7 Å². The molecule has 2 heterocycles. The van der Waals surface area contributed by atoms with Crippen molar-refractivity contribution < 1.29 is 4.79 Å². The molecule has 2 rings (SSSR count). The summed E-state index contributed by atoms with van der Waals surface area (Å²) in [5.74, 6) is 0.307. The average Bonchev–Trinajstić information content (AvgIpc) is 2.36. The fourth-order valence-corrected chi connectivity index (χ4v) is 2.81. The maximum atomic E-state index is 11.7. The lowest BCUT2D eigenvalue weighted by molar-refractivity contribution is -0.137. The minimum Gasteiger partial charge on any atom is -0.340 e. The van der Waals surface area contributed by atoms with Crippen molar-refractivity contribution >= 4 is 5.91 Å². The van der Waals surface area contributed by atoms with Gasteiger partial charge in [0.15, 0.2) is 0 Å². The first-order chi connectivity index (χ1) is 6.52. The lowest BCUT2D eigenvalue weighted by Gasteiger charge is -2.36. The minimum absolute atomic E-state index is 0.307. The topological polar surface area (TPSA) is 23.6 Å². The third-order valence-corrected chi connectivity index (χ3v) is 3.44. The zero-order chi connectivity index (χ0) is 10.3. The second-order valence-corrected chi connectivity index (χ2v) is 5.36. The minimum atomic E-state index is 0.307. The maximum Gasteiger partial charge on any atom is 0.236 e. The number of carbonyl (C=O) groups excluding carboxylic acids is 1. The molecular weight excluding hydrogens is 176 g/mol. The number of piperazine rings is 1. The van der Waals surface area contributed by atoms with Crippen LogP contribution in [0.3, 0.4) is 0 Å². The van der Waals surface area contributed by atoms with Gasteiger partial charge in [-0.25, -0.2) is 0 Å². The van der Waals surface area contributed by atoms with E-state index in [1.807, 2.05) is 4.90 Å². The van der Waals surface area contributed by atoms with Gasteiger partial charge in [-0.05, 0) is 18.8 Å². The first-order valence-electron chi connectivity index (χ1n) is 5.54. The van der Waals surface area contributed by atoms with Crippen molar-refractivity contribution in [3.8, 4) is 0 Å². The molecule has 0 radical (unpaired) electrons. The molecule has 0 aromatic rings. The molecule has 0 aliphatic carbocycles. The van der Waals surface area contributed by atoms with Crippen molar-refractivity contribution in [1.29, 1.82) is 0 Å². The van der Waals surface area contributed by atoms with Crippen molar-refractivity contribution in [2.45, 2.75) is 33.2 Å². The molecule has 2 aliphatic heterocycles.